The van der Waals surface area contributed by atoms with Crippen molar-refractivity contribution in [1.82, 2.24) is 10.2 Å². The van der Waals surface area contributed by atoms with Gasteiger partial charge in [0.1, 0.15) is 5.75 Å². The van der Waals surface area contributed by atoms with E-state index in [1.165, 1.54) is 0 Å². The van der Waals surface area contributed by atoms with Gasteiger partial charge in [-0.3, -0.25) is 0 Å². The second-order valence-electron chi connectivity index (χ2n) is 3.39. The van der Waals surface area contributed by atoms with E-state index in [4.69, 9.17) is 14.9 Å². The lowest BCUT2D eigenvalue weighted by Crippen LogP contribution is -2.02. The zero-order chi connectivity index (χ0) is 12.3. The summed E-state index contributed by atoms with van der Waals surface area (Å²) in [5.74, 6) is 1.73. The molecule has 2 aromatic rings. The summed E-state index contributed by atoms with van der Waals surface area (Å²) in [6.07, 6.45) is 0.578. The highest BCUT2D eigenvalue weighted by molar-refractivity contribution is 9.10. The minimum Gasteiger partial charge on any atom is -0.497 e. The SMILES string of the molecule is COc1ccc(Br)c(-c2nnc(CCN)o2)c1. The van der Waals surface area contributed by atoms with Crippen molar-refractivity contribution in [2.75, 3.05) is 13.7 Å². The van der Waals surface area contributed by atoms with Crippen molar-refractivity contribution in [2.24, 2.45) is 5.73 Å². The molecule has 0 spiro atoms. The van der Waals surface area contributed by atoms with Gasteiger partial charge in [-0.25, -0.2) is 0 Å². The van der Waals surface area contributed by atoms with Crippen molar-refractivity contribution in [3.63, 3.8) is 0 Å². The van der Waals surface area contributed by atoms with Gasteiger partial charge in [-0.15, -0.1) is 10.2 Å². The predicted molar refractivity (Wildman–Crippen MR) is 66.7 cm³/mol. The number of methoxy groups -OCH3 is 1. The highest BCUT2D eigenvalue weighted by atomic mass is 79.9. The van der Waals surface area contributed by atoms with E-state index in [0.717, 1.165) is 15.8 Å². The third kappa shape index (κ3) is 2.65. The van der Waals surface area contributed by atoms with E-state index >= 15 is 0 Å². The van der Waals surface area contributed by atoms with E-state index in [0.29, 0.717) is 24.7 Å². The molecular formula is C11H12BrN3O2. The van der Waals surface area contributed by atoms with Crippen LogP contribution in [-0.4, -0.2) is 23.9 Å². The fourth-order valence-electron chi connectivity index (χ4n) is 1.38. The Balaban J connectivity index is 2.37. The van der Waals surface area contributed by atoms with E-state index < -0.39 is 0 Å². The Bertz CT molecular complexity index is 513. The number of nitrogens with two attached hydrogens (primary N) is 1. The number of halogens is 1. The molecule has 0 aliphatic carbocycles. The fraction of sp³-hybridized carbons (Fsp3) is 0.273. The second-order valence-corrected chi connectivity index (χ2v) is 4.24. The van der Waals surface area contributed by atoms with Crippen LogP contribution in [-0.2, 0) is 6.42 Å². The third-order valence-electron chi connectivity index (χ3n) is 2.23. The molecule has 2 N–H and O–H groups in total. The van der Waals surface area contributed by atoms with Crippen LogP contribution in [0.3, 0.4) is 0 Å². The van der Waals surface area contributed by atoms with Crippen LogP contribution in [0.5, 0.6) is 5.75 Å². The lowest BCUT2D eigenvalue weighted by molar-refractivity contribution is 0.414. The Labute approximate surface area is 107 Å². The molecule has 2 rings (SSSR count). The molecule has 0 saturated heterocycles. The highest BCUT2D eigenvalue weighted by Gasteiger charge is 2.12. The van der Waals surface area contributed by atoms with Crippen molar-refractivity contribution in [3.8, 4) is 17.2 Å². The molecule has 0 unspecified atom stereocenters. The monoisotopic (exact) mass is 297 g/mol. The summed E-state index contributed by atoms with van der Waals surface area (Å²) in [6.45, 7) is 0.487. The minimum atomic E-state index is 0.458. The molecule has 1 heterocycles. The van der Waals surface area contributed by atoms with Crippen molar-refractivity contribution < 1.29 is 9.15 Å². The van der Waals surface area contributed by atoms with Crippen molar-refractivity contribution in [3.05, 3.63) is 28.6 Å². The lowest BCUT2D eigenvalue weighted by Gasteiger charge is -2.03. The Hall–Kier alpha value is -1.40. The maximum absolute atomic E-state index is 5.50. The van der Waals surface area contributed by atoms with E-state index in [1.54, 1.807) is 7.11 Å². The Morgan fingerprint density at radius 3 is 2.94 bits per heavy atom. The van der Waals surface area contributed by atoms with Gasteiger partial charge in [-0.1, -0.05) is 0 Å². The molecule has 0 aliphatic heterocycles. The number of aromatic nitrogens is 2. The molecule has 6 heteroatoms. The quantitative estimate of drug-likeness (QED) is 0.934. The number of nitrogens with zero attached hydrogens (tertiary/aromatic N) is 2. The fourth-order valence-corrected chi connectivity index (χ4v) is 1.80. The Kier molecular flexibility index (Phi) is 3.75. The van der Waals surface area contributed by atoms with Crippen molar-refractivity contribution in [1.29, 1.82) is 0 Å². The normalized spacial score (nSPS) is 10.5. The molecule has 0 fully saturated rings. The van der Waals surface area contributed by atoms with Crippen LogP contribution in [0.2, 0.25) is 0 Å². The van der Waals surface area contributed by atoms with Gasteiger partial charge in [0.15, 0.2) is 0 Å². The molecule has 90 valence electrons. The van der Waals surface area contributed by atoms with Gasteiger partial charge < -0.3 is 14.9 Å². The van der Waals surface area contributed by atoms with Crippen LogP contribution in [0.4, 0.5) is 0 Å². The number of benzene rings is 1. The van der Waals surface area contributed by atoms with E-state index in [-0.39, 0.29) is 0 Å². The Morgan fingerprint density at radius 1 is 1.41 bits per heavy atom. The minimum absolute atomic E-state index is 0.458. The van der Waals surface area contributed by atoms with Gasteiger partial charge in [-0.05, 0) is 34.1 Å². The van der Waals surface area contributed by atoms with Gasteiger partial charge in [0, 0.05) is 17.4 Å². The first-order chi connectivity index (χ1) is 8.24. The van der Waals surface area contributed by atoms with Gasteiger partial charge in [0.05, 0.1) is 12.7 Å². The van der Waals surface area contributed by atoms with E-state index in [1.807, 2.05) is 18.2 Å². The Morgan fingerprint density at radius 2 is 2.24 bits per heavy atom. The molecule has 5 nitrogen and oxygen atoms in total. The molecule has 0 atom stereocenters. The highest BCUT2D eigenvalue weighted by Crippen LogP contribution is 2.30. The first-order valence-corrected chi connectivity index (χ1v) is 5.90. The first-order valence-electron chi connectivity index (χ1n) is 5.11. The van der Waals surface area contributed by atoms with Gasteiger partial charge in [-0.2, -0.15) is 0 Å². The summed E-state index contributed by atoms with van der Waals surface area (Å²) in [6, 6.07) is 5.57. The summed E-state index contributed by atoms with van der Waals surface area (Å²) < 4.78 is 11.5. The molecule has 0 bridgehead atoms. The van der Waals surface area contributed by atoms with Gasteiger partial charge in [0.25, 0.3) is 0 Å². The van der Waals surface area contributed by atoms with Crippen LogP contribution < -0.4 is 10.5 Å². The number of hydrogen-bond donors (Lipinski definition) is 1. The number of ether oxygens (including phenoxy) is 1. The average Bonchev–Trinajstić information content (AvgIpc) is 2.79. The lowest BCUT2D eigenvalue weighted by atomic mass is 10.2. The van der Waals surface area contributed by atoms with Gasteiger partial charge >= 0.3 is 0 Å². The third-order valence-corrected chi connectivity index (χ3v) is 2.92. The number of rotatable bonds is 4. The van der Waals surface area contributed by atoms with Gasteiger partial charge in [0.2, 0.25) is 11.8 Å². The average molecular weight is 298 g/mol. The summed E-state index contributed by atoms with van der Waals surface area (Å²) in [4.78, 5) is 0. The van der Waals surface area contributed by atoms with Crippen molar-refractivity contribution in [2.45, 2.75) is 6.42 Å². The molecule has 0 amide bonds. The number of hydrogen-bond acceptors (Lipinski definition) is 5. The van der Waals surface area contributed by atoms with Crippen molar-refractivity contribution >= 4 is 15.9 Å². The maximum atomic E-state index is 5.50. The summed E-state index contributed by atoms with van der Waals surface area (Å²) in [5, 5.41) is 7.90. The molecule has 1 aromatic heterocycles. The van der Waals surface area contributed by atoms with E-state index in [2.05, 4.69) is 26.1 Å². The van der Waals surface area contributed by atoms with Crippen LogP contribution in [0, 0.1) is 0 Å². The van der Waals surface area contributed by atoms with Crippen LogP contribution >= 0.6 is 15.9 Å². The zero-order valence-electron chi connectivity index (χ0n) is 9.31. The molecule has 1 aromatic carbocycles. The van der Waals surface area contributed by atoms with Crippen LogP contribution in [0.15, 0.2) is 27.1 Å². The molecular weight excluding hydrogens is 286 g/mol. The molecule has 0 aliphatic rings. The summed E-state index contributed by atoms with van der Waals surface area (Å²) in [7, 11) is 1.61. The zero-order valence-corrected chi connectivity index (χ0v) is 10.9. The topological polar surface area (TPSA) is 74.2 Å². The summed E-state index contributed by atoms with van der Waals surface area (Å²) in [5.41, 5.74) is 6.23. The predicted octanol–water partition coefficient (Wildman–Crippen LogP) is 2.01. The van der Waals surface area contributed by atoms with Crippen LogP contribution in [0.1, 0.15) is 5.89 Å². The largest absolute Gasteiger partial charge is 0.497 e. The molecule has 0 saturated carbocycles. The maximum Gasteiger partial charge on any atom is 0.249 e. The van der Waals surface area contributed by atoms with Crippen LogP contribution in [0.25, 0.3) is 11.5 Å². The standard InChI is InChI=1S/C11H12BrN3O2/c1-16-7-2-3-9(12)8(6-7)11-15-14-10(17-11)4-5-13/h2-3,6H,4-5,13H2,1H3. The molecule has 17 heavy (non-hydrogen) atoms. The second kappa shape index (κ2) is 5.29. The van der Waals surface area contributed by atoms with E-state index in [9.17, 15) is 0 Å². The first kappa shape index (κ1) is 12.1. The summed E-state index contributed by atoms with van der Waals surface area (Å²) >= 11 is 3.44. The smallest absolute Gasteiger partial charge is 0.249 e. The molecule has 0 radical (unpaired) electrons.